The van der Waals surface area contributed by atoms with Crippen molar-refractivity contribution in [3.05, 3.63) is 60.2 Å². The van der Waals surface area contributed by atoms with E-state index in [0.717, 1.165) is 25.0 Å². The van der Waals surface area contributed by atoms with E-state index in [0.29, 0.717) is 18.0 Å². The van der Waals surface area contributed by atoms with Crippen molar-refractivity contribution in [1.82, 2.24) is 5.32 Å². The number of nitrogens with one attached hydrogen (secondary N) is 2. The smallest absolute Gasteiger partial charge is 0.246 e. The zero-order valence-corrected chi connectivity index (χ0v) is 14.4. The van der Waals surface area contributed by atoms with Gasteiger partial charge in [0.2, 0.25) is 5.91 Å². The SMILES string of the molecule is COc1cccc(NC(=O)[C@H](NC[C@H]2CCCO2)c2ccccc2)c1. The number of carbonyl (C=O) groups is 1. The van der Waals surface area contributed by atoms with Gasteiger partial charge in [-0.15, -0.1) is 0 Å². The molecular weight excluding hydrogens is 316 g/mol. The van der Waals surface area contributed by atoms with E-state index < -0.39 is 6.04 Å². The first-order chi connectivity index (χ1) is 12.3. The quantitative estimate of drug-likeness (QED) is 0.813. The van der Waals surface area contributed by atoms with E-state index in [1.807, 2.05) is 48.5 Å². The molecule has 0 aromatic heterocycles. The number of ether oxygens (including phenoxy) is 2. The van der Waals surface area contributed by atoms with Crippen molar-refractivity contribution in [1.29, 1.82) is 0 Å². The minimum atomic E-state index is -0.434. The highest BCUT2D eigenvalue weighted by atomic mass is 16.5. The van der Waals surface area contributed by atoms with Crippen LogP contribution in [0.25, 0.3) is 0 Å². The number of methoxy groups -OCH3 is 1. The predicted octanol–water partition coefficient (Wildman–Crippen LogP) is 3.14. The van der Waals surface area contributed by atoms with Crippen molar-refractivity contribution >= 4 is 11.6 Å². The highest BCUT2D eigenvalue weighted by molar-refractivity contribution is 5.95. The fourth-order valence-corrected chi connectivity index (χ4v) is 2.98. The highest BCUT2D eigenvalue weighted by Crippen LogP contribution is 2.20. The van der Waals surface area contributed by atoms with Crippen molar-refractivity contribution in [2.45, 2.75) is 25.0 Å². The zero-order valence-electron chi connectivity index (χ0n) is 14.4. The lowest BCUT2D eigenvalue weighted by Crippen LogP contribution is -2.37. The molecule has 1 aliphatic heterocycles. The minimum Gasteiger partial charge on any atom is -0.497 e. The van der Waals surface area contributed by atoms with E-state index in [2.05, 4.69) is 10.6 Å². The average Bonchev–Trinajstić information content (AvgIpc) is 3.16. The second kappa shape index (κ2) is 8.65. The van der Waals surface area contributed by atoms with E-state index in [1.165, 1.54) is 0 Å². The average molecular weight is 340 g/mol. The predicted molar refractivity (Wildman–Crippen MR) is 97.8 cm³/mol. The van der Waals surface area contributed by atoms with E-state index in [-0.39, 0.29) is 12.0 Å². The molecule has 0 unspecified atom stereocenters. The molecule has 0 spiro atoms. The molecule has 5 nitrogen and oxygen atoms in total. The number of carbonyl (C=O) groups excluding carboxylic acids is 1. The van der Waals surface area contributed by atoms with Crippen LogP contribution in [-0.2, 0) is 9.53 Å². The van der Waals surface area contributed by atoms with Crippen molar-refractivity contribution in [3.8, 4) is 5.75 Å². The summed E-state index contributed by atoms with van der Waals surface area (Å²) in [6.45, 7) is 1.46. The Bertz CT molecular complexity index is 684. The van der Waals surface area contributed by atoms with Gasteiger partial charge in [0.1, 0.15) is 11.8 Å². The first-order valence-corrected chi connectivity index (χ1v) is 8.61. The number of rotatable bonds is 7. The number of amides is 1. The van der Waals surface area contributed by atoms with Gasteiger partial charge in [-0.25, -0.2) is 0 Å². The lowest BCUT2D eigenvalue weighted by Gasteiger charge is -2.21. The van der Waals surface area contributed by atoms with Crippen LogP contribution >= 0.6 is 0 Å². The van der Waals surface area contributed by atoms with Gasteiger partial charge >= 0.3 is 0 Å². The molecule has 5 heteroatoms. The van der Waals surface area contributed by atoms with Gasteiger partial charge in [-0.05, 0) is 30.5 Å². The van der Waals surface area contributed by atoms with Gasteiger partial charge in [0.15, 0.2) is 0 Å². The Morgan fingerprint density at radius 1 is 1.24 bits per heavy atom. The molecule has 0 bridgehead atoms. The van der Waals surface area contributed by atoms with Gasteiger partial charge in [0, 0.05) is 24.9 Å². The molecule has 1 heterocycles. The third kappa shape index (κ3) is 4.81. The molecule has 2 N–H and O–H groups in total. The molecular formula is C20H24N2O3. The van der Waals surface area contributed by atoms with E-state index in [4.69, 9.17) is 9.47 Å². The Balaban J connectivity index is 1.71. The third-order valence-corrected chi connectivity index (χ3v) is 4.31. The maximum Gasteiger partial charge on any atom is 0.246 e. The van der Waals surface area contributed by atoms with Crippen LogP contribution in [0.1, 0.15) is 24.4 Å². The fourth-order valence-electron chi connectivity index (χ4n) is 2.98. The van der Waals surface area contributed by atoms with Crippen LogP contribution in [0.2, 0.25) is 0 Å². The molecule has 3 rings (SSSR count). The van der Waals surface area contributed by atoms with Gasteiger partial charge in [-0.2, -0.15) is 0 Å². The Kier molecular flexibility index (Phi) is 6.04. The summed E-state index contributed by atoms with van der Waals surface area (Å²) in [5.74, 6) is 0.610. The second-order valence-electron chi connectivity index (χ2n) is 6.11. The Hall–Kier alpha value is -2.37. The van der Waals surface area contributed by atoms with Crippen molar-refractivity contribution in [2.75, 3.05) is 25.6 Å². The van der Waals surface area contributed by atoms with Crippen LogP contribution in [0.4, 0.5) is 5.69 Å². The van der Waals surface area contributed by atoms with Gasteiger partial charge in [0.05, 0.1) is 13.2 Å². The molecule has 2 aromatic rings. The third-order valence-electron chi connectivity index (χ3n) is 4.31. The van der Waals surface area contributed by atoms with E-state index >= 15 is 0 Å². The molecule has 0 aliphatic carbocycles. The van der Waals surface area contributed by atoms with Gasteiger partial charge in [-0.1, -0.05) is 36.4 Å². The maximum absolute atomic E-state index is 12.9. The summed E-state index contributed by atoms with van der Waals surface area (Å²) in [6.07, 6.45) is 2.29. The molecule has 0 saturated carbocycles. The summed E-state index contributed by atoms with van der Waals surface area (Å²) in [5, 5.41) is 6.33. The lowest BCUT2D eigenvalue weighted by molar-refractivity contribution is -0.118. The Labute approximate surface area is 148 Å². The Morgan fingerprint density at radius 2 is 2.08 bits per heavy atom. The monoisotopic (exact) mass is 340 g/mol. The normalized spacial score (nSPS) is 17.9. The van der Waals surface area contributed by atoms with E-state index in [9.17, 15) is 4.79 Å². The molecule has 1 saturated heterocycles. The highest BCUT2D eigenvalue weighted by Gasteiger charge is 2.23. The maximum atomic E-state index is 12.9. The molecule has 25 heavy (non-hydrogen) atoms. The summed E-state index contributed by atoms with van der Waals surface area (Å²) in [5.41, 5.74) is 1.64. The Morgan fingerprint density at radius 3 is 2.80 bits per heavy atom. The number of benzene rings is 2. The zero-order chi connectivity index (χ0) is 17.5. The van der Waals surface area contributed by atoms with Crippen LogP contribution in [0, 0.1) is 0 Å². The summed E-state index contributed by atoms with van der Waals surface area (Å²) >= 11 is 0. The van der Waals surface area contributed by atoms with Crippen LogP contribution < -0.4 is 15.4 Å². The lowest BCUT2D eigenvalue weighted by atomic mass is 10.1. The fraction of sp³-hybridized carbons (Fsp3) is 0.350. The van der Waals surface area contributed by atoms with Crippen molar-refractivity contribution in [3.63, 3.8) is 0 Å². The molecule has 132 valence electrons. The first-order valence-electron chi connectivity index (χ1n) is 8.61. The number of hydrogen-bond donors (Lipinski definition) is 2. The van der Waals surface area contributed by atoms with E-state index in [1.54, 1.807) is 13.2 Å². The van der Waals surface area contributed by atoms with Crippen molar-refractivity contribution < 1.29 is 14.3 Å². The number of anilines is 1. The topological polar surface area (TPSA) is 59.6 Å². The minimum absolute atomic E-state index is 0.0996. The summed E-state index contributed by atoms with van der Waals surface area (Å²) in [4.78, 5) is 12.9. The van der Waals surface area contributed by atoms with Gasteiger partial charge < -0.3 is 14.8 Å². The van der Waals surface area contributed by atoms with Crippen LogP contribution in [-0.4, -0.2) is 32.3 Å². The van der Waals surface area contributed by atoms with Gasteiger partial charge in [0.25, 0.3) is 0 Å². The molecule has 1 aliphatic rings. The summed E-state index contributed by atoms with van der Waals surface area (Å²) in [7, 11) is 1.61. The number of hydrogen-bond acceptors (Lipinski definition) is 4. The largest absolute Gasteiger partial charge is 0.497 e. The molecule has 0 radical (unpaired) electrons. The summed E-state index contributed by atoms with van der Waals surface area (Å²) in [6, 6.07) is 16.7. The molecule has 1 fully saturated rings. The van der Waals surface area contributed by atoms with Crippen LogP contribution in [0.15, 0.2) is 54.6 Å². The standard InChI is InChI=1S/C20H24N2O3/c1-24-17-10-5-9-16(13-17)22-20(23)19(15-7-3-2-4-8-15)21-14-18-11-6-12-25-18/h2-5,7-10,13,18-19,21H,6,11-12,14H2,1H3,(H,22,23)/t18-,19-/m1/s1. The van der Waals surface area contributed by atoms with Crippen LogP contribution in [0.3, 0.4) is 0 Å². The summed E-state index contributed by atoms with van der Waals surface area (Å²) < 4.78 is 10.9. The van der Waals surface area contributed by atoms with Crippen molar-refractivity contribution in [2.24, 2.45) is 0 Å². The van der Waals surface area contributed by atoms with Crippen LogP contribution in [0.5, 0.6) is 5.75 Å². The molecule has 2 atom stereocenters. The second-order valence-corrected chi connectivity index (χ2v) is 6.11. The first kappa shape index (κ1) is 17.5. The van der Waals surface area contributed by atoms with Gasteiger partial charge in [-0.3, -0.25) is 10.1 Å². The molecule has 1 amide bonds. The molecule has 2 aromatic carbocycles.